The summed E-state index contributed by atoms with van der Waals surface area (Å²) in [5, 5.41) is 5.72. The number of hydrogen-bond acceptors (Lipinski definition) is 6. The first-order valence-electron chi connectivity index (χ1n) is 10.2. The molecule has 8 heteroatoms. The Labute approximate surface area is 179 Å². The zero-order valence-electron chi connectivity index (χ0n) is 16.9. The van der Waals surface area contributed by atoms with E-state index in [2.05, 4.69) is 30.6 Å². The number of amides is 2. The van der Waals surface area contributed by atoms with Crippen molar-refractivity contribution < 1.29 is 9.59 Å². The van der Waals surface area contributed by atoms with Crippen molar-refractivity contribution in [1.82, 2.24) is 30.6 Å². The highest BCUT2D eigenvalue weighted by atomic mass is 16.2. The van der Waals surface area contributed by atoms with Crippen LogP contribution in [0.2, 0.25) is 0 Å². The number of aromatic nitrogens is 4. The van der Waals surface area contributed by atoms with Crippen molar-refractivity contribution in [1.29, 1.82) is 0 Å². The fraction of sp³-hybridized carbons (Fsp3) is 0.217. The van der Waals surface area contributed by atoms with E-state index in [0.717, 1.165) is 30.3 Å². The van der Waals surface area contributed by atoms with Crippen LogP contribution in [-0.4, -0.2) is 44.8 Å². The van der Waals surface area contributed by atoms with Crippen molar-refractivity contribution in [2.45, 2.75) is 19.3 Å². The van der Waals surface area contributed by atoms with Gasteiger partial charge in [-0.25, -0.2) is 9.97 Å². The third-order valence-electron chi connectivity index (χ3n) is 4.79. The first kappa shape index (κ1) is 20.3. The molecule has 0 atom stereocenters. The third-order valence-corrected chi connectivity index (χ3v) is 4.79. The molecule has 0 aliphatic heterocycles. The summed E-state index contributed by atoms with van der Waals surface area (Å²) in [6.07, 6.45) is 5.45. The van der Waals surface area contributed by atoms with E-state index in [-0.39, 0.29) is 11.8 Å². The van der Waals surface area contributed by atoms with Crippen molar-refractivity contribution >= 4 is 33.9 Å². The lowest BCUT2D eigenvalue weighted by atomic mass is 10.2. The highest BCUT2D eigenvalue weighted by Crippen LogP contribution is 2.09. The number of para-hydroxylation sites is 4. The van der Waals surface area contributed by atoms with Crippen LogP contribution in [0.5, 0.6) is 0 Å². The first-order chi connectivity index (χ1) is 15.2. The molecule has 156 valence electrons. The molecule has 0 spiro atoms. The number of nitrogens with zero attached hydrogens (tertiary/aromatic N) is 4. The van der Waals surface area contributed by atoms with Gasteiger partial charge in [0.2, 0.25) is 0 Å². The second kappa shape index (κ2) is 9.71. The second-order valence-electron chi connectivity index (χ2n) is 7.06. The van der Waals surface area contributed by atoms with E-state index in [1.54, 1.807) is 0 Å². The fourth-order valence-electron chi connectivity index (χ4n) is 3.14. The fourth-order valence-corrected chi connectivity index (χ4v) is 3.14. The maximum absolute atomic E-state index is 12.2. The van der Waals surface area contributed by atoms with E-state index in [1.165, 1.54) is 12.4 Å². The number of nitrogens with one attached hydrogen (secondary N) is 2. The molecule has 2 aromatic carbocycles. The number of benzene rings is 2. The highest BCUT2D eigenvalue weighted by molar-refractivity contribution is 5.94. The van der Waals surface area contributed by atoms with Gasteiger partial charge in [-0.1, -0.05) is 24.3 Å². The Morgan fingerprint density at radius 1 is 0.613 bits per heavy atom. The molecule has 0 saturated heterocycles. The molecule has 2 aromatic heterocycles. The van der Waals surface area contributed by atoms with Crippen LogP contribution in [0, 0.1) is 0 Å². The SMILES string of the molecule is O=C(NCCCCCNC(=O)c1cnc2ccccc2n1)c1cnc2ccccc2n1. The Bertz CT molecular complexity index is 1130. The summed E-state index contributed by atoms with van der Waals surface area (Å²) in [5.41, 5.74) is 3.53. The monoisotopic (exact) mass is 414 g/mol. The van der Waals surface area contributed by atoms with E-state index in [9.17, 15) is 9.59 Å². The predicted molar refractivity (Wildman–Crippen MR) is 118 cm³/mol. The minimum Gasteiger partial charge on any atom is -0.351 e. The van der Waals surface area contributed by atoms with Crippen LogP contribution in [0.15, 0.2) is 60.9 Å². The van der Waals surface area contributed by atoms with Gasteiger partial charge in [0, 0.05) is 13.1 Å². The minimum absolute atomic E-state index is 0.235. The number of unbranched alkanes of at least 4 members (excludes halogenated alkanes) is 2. The van der Waals surface area contributed by atoms with Gasteiger partial charge in [-0.3, -0.25) is 19.6 Å². The molecule has 0 bridgehead atoms. The Morgan fingerprint density at radius 3 is 1.48 bits per heavy atom. The summed E-state index contributed by atoms with van der Waals surface area (Å²) in [4.78, 5) is 41.7. The van der Waals surface area contributed by atoms with Gasteiger partial charge in [0.15, 0.2) is 0 Å². The lowest BCUT2D eigenvalue weighted by molar-refractivity contribution is 0.0942. The molecule has 0 fully saturated rings. The molecule has 2 heterocycles. The van der Waals surface area contributed by atoms with Crippen molar-refractivity contribution in [3.05, 3.63) is 72.3 Å². The van der Waals surface area contributed by atoms with Crippen LogP contribution in [0.3, 0.4) is 0 Å². The maximum Gasteiger partial charge on any atom is 0.271 e. The molecule has 31 heavy (non-hydrogen) atoms. The molecule has 2 N–H and O–H groups in total. The predicted octanol–water partition coefficient (Wildman–Crippen LogP) is 2.90. The first-order valence-corrected chi connectivity index (χ1v) is 10.2. The minimum atomic E-state index is -0.235. The Balaban J connectivity index is 1.15. The van der Waals surface area contributed by atoms with Crippen molar-refractivity contribution in [3.8, 4) is 0 Å². The number of hydrogen-bond donors (Lipinski definition) is 2. The van der Waals surface area contributed by atoms with Gasteiger partial charge in [0.05, 0.1) is 34.5 Å². The number of fused-ring (bicyclic) bond motifs is 2. The summed E-state index contributed by atoms with van der Waals surface area (Å²) in [5.74, 6) is -0.470. The van der Waals surface area contributed by atoms with E-state index in [4.69, 9.17) is 0 Å². The molecule has 0 unspecified atom stereocenters. The number of carbonyl (C=O) groups excluding carboxylic acids is 2. The average molecular weight is 414 g/mol. The Hall–Kier alpha value is -3.94. The molecule has 4 aromatic rings. The molecule has 0 aliphatic carbocycles. The van der Waals surface area contributed by atoms with Crippen molar-refractivity contribution in [3.63, 3.8) is 0 Å². The second-order valence-corrected chi connectivity index (χ2v) is 7.06. The normalized spacial score (nSPS) is 10.8. The molecule has 4 rings (SSSR count). The summed E-state index contributed by atoms with van der Waals surface area (Å²) in [6.45, 7) is 1.08. The number of carbonyl (C=O) groups is 2. The highest BCUT2D eigenvalue weighted by Gasteiger charge is 2.09. The van der Waals surface area contributed by atoms with Gasteiger partial charge in [-0.2, -0.15) is 0 Å². The Kier molecular flexibility index (Phi) is 6.37. The van der Waals surface area contributed by atoms with Crippen molar-refractivity contribution in [2.75, 3.05) is 13.1 Å². The van der Waals surface area contributed by atoms with E-state index in [1.807, 2.05) is 48.5 Å². The third kappa shape index (κ3) is 5.16. The largest absolute Gasteiger partial charge is 0.351 e. The van der Waals surface area contributed by atoms with Gasteiger partial charge in [0.25, 0.3) is 11.8 Å². The zero-order chi connectivity index (χ0) is 21.5. The summed E-state index contributed by atoms with van der Waals surface area (Å²) in [6, 6.07) is 14.9. The topological polar surface area (TPSA) is 110 Å². The molecule has 0 saturated carbocycles. The van der Waals surface area contributed by atoms with Crippen LogP contribution >= 0.6 is 0 Å². The lowest BCUT2D eigenvalue weighted by Crippen LogP contribution is -2.27. The molecule has 8 nitrogen and oxygen atoms in total. The average Bonchev–Trinajstić information content (AvgIpc) is 2.82. The lowest BCUT2D eigenvalue weighted by Gasteiger charge is -2.07. The zero-order valence-corrected chi connectivity index (χ0v) is 16.9. The van der Waals surface area contributed by atoms with Gasteiger partial charge in [-0.15, -0.1) is 0 Å². The smallest absolute Gasteiger partial charge is 0.271 e. The van der Waals surface area contributed by atoms with E-state index in [0.29, 0.717) is 35.5 Å². The van der Waals surface area contributed by atoms with Gasteiger partial charge >= 0.3 is 0 Å². The standard InChI is InChI=1S/C23H22N6O2/c30-22(20-14-26-16-8-2-4-10-18(16)28-20)24-12-6-1-7-13-25-23(31)21-15-27-17-9-3-5-11-19(17)29-21/h2-5,8-11,14-15H,1,6-7,12-13H2,(H,24,30)(H,25,31). The summed E-state index contributed by atoms with van der Waals surface area (Å²) in [7, 11) is 0. The van der Waals surface area contributed by atoms with Crippen LogP contribution in [0.25, 0.3) is 22.1 Å². The van der Waals surface area contributed by atoms with E-state index >= 15 is 0 Å². The van der Waals surface area contributed by atoms with Crippen molar-refractivity contribution in [2.24, 2.45) is 0 Å². The van der Waals surface area contributed by atoms with E-state index < -0.39 is 0 Å². The van der Waals surface area contributed by atoms with Crippen LogP contribution in [0.1, 0.15) is 40.2 Å². The molecular formula is C23H22N6O2. The Morgan fingerprint density at radius 2 is 1.03 bits per heavy atom. The number of rotatable bonds is 8. The van der Waals surface area contributed by atoms with Crippen LogP contribution in [0.4, 0.5) is 0 Å². The summed E-state index contributed by atoms with van der Waals surface area (Å²) >= 11 is 0. The molecule has 2 amide bonds. The quantitative estimate of drug-likeness (QED) is 0.429. The van der Waals surface area contributed by atoms with Gasteiger partial charge in [-0.05, 0) is 43.5 Å². The van der Waals surface area contributed by atoms with Crippen LogP contribution in [-0.2, 0) is 0 Å². The molecule has 0 radical (unpaired) electrons. The maximum atomic E-state index is 12.2. The molecule has 0 aliphatic rings. The van der Waals surface area contributed by atoms with Crippen LogP contribution < -0.4 is 10.6 Å². The summed E-state index contributed by atoms with van der Waals surface area (Å²) < 4.78 is 0. The molecular weight excluding hydrogens is 392 g/mol. The van der Waals surface area contributed by atoms with Gasteiger partial charge < -0.3 is 10.6 Å². The van der Waals surface area contributed by atoms with Gasteiger partial charge in [0.1, 0.15) is 11.4 Å².